The summed E-state index contributed by atoms with van der Waals surface area (Å²) in [5.74, 6) is 0. The van der Waals surface area contributed by atoms with Crippen molar-refractivity contribution in [3.8, 4) is 0 Å². The van der Waals surface area contributed by atoms with Crippen molar-refractivity contribution < 1.29 is 18.6 Å². The Bertz CT molecular complexity index is 42.5. The number of nitrogens with zero attached hydrogens (tertiary/aromatic N) is 4. The van der Waals surface area contributed by atoms with Crippen LogP contribution in [-0.2, 0) is 18.6 Å². The molecule has 0 heterocycles. The van der Waals surface area contributed by atoms with Crippen LogP contribution in [0, 0.1) is 0 Å². The van der Waals surface area contributed by atoms with Crippen molar-refractivity contribution >= 4 is 0 Å². The zero-order valence-electron chi connectivity index (χ0n) is 13.1. The summed E-state index contributed by atoms with van der Waals surface area (Å²) in [6, 6.07) is 0. The molecule has 0 saturated heterocycles. The predicted molar refractivity (Wildman–Crippen MR) is 79.3 cm³/mol. The molecule has 0 unspecified atom stereocenters. The van der Waals surface area contributed by atoms with Crippen LogP contribution >= 0.6 is 0 Å². The van der Waals surface area contributed by atoms with Crippen molar-refractivity contribution in [2.45, 2.75) is 27.7 Å². The molecule has 0 fully saturated rings. The Morgan fingerprint density at radius 3 is 0.529 bits per heavy atom. The van der Waals surface area contributed by atoms with Crippen molar-refractivity contribution in [3.05, 3.63) is 21.3 Å². The van der Waals surface area contributed by atoms with Gasteiger partial charge in [-0.15, -0.1) is 0 Å². The Morgan fingerprint density at radius 1 is 0.471 bits per heavy atom. The Balaban J connectivity index is -0.0000000369. The van der Waals surface area contributed by atoms with Gasteiger partial charge in [-0.1, -0.05) is 27.7 Å². The van der Waals surface area contributed by atoms with E-state index in [0.29, 0.717) is 0 Å². The molecule has 0 atom stereocenters. The fourth-order valence-corrected chi connectivity index (χ4v) is 0. The molecule has 105 valence electrons. The van der Waals surface area contributed by atoms with E-state index in [4.69, 9.17) is 0 Å². The van der Waals surface area contributed by atoms with Crippen LogP contribution in [0.3, 0.4) is 0 Å². The third-order valence-corrected chi connectivity index (χ3v) is 1.26. The van der Waals surface area contributed by atoms with Gasteiger partial charge in [-0.05, 0) is 0 Å². The summed E-state index contributed by atoms with van der Waals surface area (Å²) in [6.07, 6.45) is 0. The van der Waals surface area contributed by atoms with Crippen LogP contribution in [0.25, 0.3) is 21.3 Å². The van der Waals surface area contributed by atoms with Crippen LogP contribution in [-0.4, -0.2) is 54.4 Å². The molecular formula is C12H32N4V. The van der Waals surface area contributed by atoms with Crippen LogP contribution in [0.15, 0.2) is 0 Å². The van der Waals surface area contributed by atoms with Gasteiger partial charge < -0.3 is 21.3 Å². The zero-order chi connectivity index (χ0) is 13.7. The minimum absolute atomic E-state index is 0. The molecule has 0 N–H and O–H groups in total. The van der Waals surface area contributed by atoms with E-state index in [2.05, 4.69) is 21.3 Å². The normalized spacial score (nSPS) is 7.06. The number of rotatable bonds is 4. The van der Waals surface area contributed by atoms with Crippen molar-refractivity contribution in [2.24, 2.45) is 0 Å². The third kappa shape index (κ3) is 175. The zero-order valence-corrected chi connectivity index (χ0v) is 14.5. The van der Waals surface area contributed by atoms with Gasteiger partial charge in [-0.2, -0.15) is 54.4 Å². The maximum Gasteiger partial charge on any atom is 4.00 e. The molecule has 0 aliphatic rings. The number of hydrogen-bond acceptors (Lipinski definition) is 0. The molecule has 0 spiro atoms. The maximum absolute atomic E-state index is 3.74. The second-order valence-corrected chi connectivity index (χ2v) is 2.53. The molecule has 0 aromatic carbocycles. The van der Waals surface area contributed by atoms with Crippen LogP contribution in [0.2, 0.25) is 0 Å². The Labute approximate surface area is 122 Å². The van der Waals surface area contributed by atoms with Gasteiger partial charge in [-0.25, -0.2) is 0 Å². The molecule has 17 heavy (non-hydrogen) atoms. The monoisotopic (exact) mass is 283 g/mol. The molecule has 0 aromatic rings. The van der Waals surface area contributed by atoms with E-state index in [1.807, 2.05) is 27.7 Å². The minimum atomic E-state index is 0. The van der Waals surface area contributed by atoms with Gasteiger partial charge in [0.25, 0.3) is 0 Å². The molecule has 1 radical (unpaired) electrons. The summed E-state index contributed by atoms with van der Waals surface area (Å²) in [4.78, 5) is 0. The molecule has 0 aliphatic heterocycles. The van der Waals surface area contributed by atoms with E-state index >= 15 is 0 Å². The largest absolute Gasteiger partial charge is 4.00 e. The first-order chi connectivity index (χ1) is 7.66. The fourth-order valence-electron chi connectivity index (χ4n) is 0. The molecule has 4 nitrogen and oxygen atoms in total. The summed E-state index contributed by atoms with van der Waals surface area (Å²) in [5, 5.41) is 14.9. The summed E-state index contributed by atoms with van der Waals surface area (Å²) in [5.41, 5.74) is 0. The maximum atomic E-state index is 3.74. The van der Waals surface area contributed by atoms with Crippen LogP contribution in [0.5, 0.6) is 0 Å². The molecule has 5 heteroatoms. The van der Waals surface area contributed by atoms with Crippen molar-refractivity contribution in [2.75, 3.05) is 54.4 Å². The average Bonchev–Trinajstić information content (AvgIpc) is 2.39. The second kappa shape index (κ2) is 55.1. The van der Waals surface area contributed by atoms with E-state index < -0.39 is 0 Å². The Morgan fingerprint density at radius 2 is 0.529 bits per heavy atom. The quantitative estimate of drug-likeness (QED) is 0.748. The molecule has 0 bridgehead atoms. The van der Waals surface area contributed by atoms with Gasteiger partial charge in [0.05, 0.1) is 0 Å². The van der Waals surface area contributed by atoms with Crippen LogP contribution in [0.4, 0.5) is 0 Å². The third-order valence-electron chi connectivity index (χ3n) is 1.26. The smallest absolute Gasteiger partial charge is 0.665 e. The molecular weight excluding hydrogens is 251 g/mol. The molecule has 0 saturated carbocycles. The molecule has 0 rings (SSSR count). The predicted octanol–water partition coefficient (Wildman–Crippen LogP) is 4.04. The summed E-state index contributed by atoms with van der Waals surface area (Å²) in [7, 11) is 7.22. The SMILES string of the molecule is CC[N-]C.CC[N-]C.CC[N-]C.CC[N-]C.[V+4]. The molecule has 0 amide bonds. The topological polar surface area (TPSA) is 56.4 Å². The molecule has 0 aliphatic carbocycles. The molecule has 0 aromatic heterocycles. The first-order valence-electron chi connectivity index (χ1n) is 5.88. The Hall–Kier alpha value is 0.424. The van der Waals surface area contributed by atoms with E-state index in [0.717, 1.165) is 26.2 Å². The standard InChI is InChI=1S/4C3H8N.V/c4*1-3-4-2;/h4*3H2,1-2H3;/q4*-1;+4. The fraction of sp³-hybridized carbons (Fsp3) is 1.00. The van der Waals surface area contributed by atoms with Crippen LogP contribution in [0.1, 0.15) is 27.7 Å². The van der Waals surface area contributed by atoms with Gasteiger partial charge in [0.1, 0.15) is 0 Å². The van der Waals surface area contributed by atoms with E-state index in [1.54, 1.807) is 28.2 Å². The summed E-state index contributed by atoms with van der Waals surface area (Å²) < 4.78 is 0. The van der Waals surface area contributed by atoms with E-state index in [9.17, 15) is 0 Å². The van der Waals surface area contributed by atoms with Crippen LogP contribution < -0.4 is 0 Å². The van der Waals surface area contributed by atoms with Gasteiger partial charge in [0, 0.05) is 0 Å². The van der Waals surface area contributed by atoms with Crippen molar-refractivity contribution in [3.63, 3.8) is 0 Å². The van der Waals surface area contributed by atoms with E-state index in [1.165, 1.54) is 0 Å². The van der Waals surface area contributed by atoms with E-state index in [-0.39, 0.29) is 18.6 Å². The second-order valence-electron chi connectivity index (χ2n) is 2.53. The first-order valence-corrected chi connectivity index (χ1v) is 5.88. The Kier molecular flexibility index (Phi) is 98.6. The van der Waals surface area contributed by atoms with Gasteiger partial charge in [0.2, 0.25) is 0 Å². The average molecular weight is 283 g/mol. The van der Waals surface area contributed by atoms with Gasteiger partial charge >= 0.3 is 18.6 Å². The summed E-state index contributed by atoms with van der Waals surface area (Å²) >= 11 is 0. The summed E-state index contributed by atoms with van der Waals surface area (Å²) in [6.45, 7) is 11.8. The van der Waals surface area contributed by atoms with Gasteiger partial charge in [0.15, 0.2) is 0 Å². The van der Waals surface area contributed by atoms with Gasteiger partial charge in [-0.3, -0.25) is 0 Å². The minimum Gasteiger partial charge on any atom is -0.665 e. The first kappa shape index (κ1) is 30.4. The van der Waals surface area contributed by atoms with Crippen molar-refractivity contribution in [1.29, 1.82) is 0 Å². The number of hydrogen-bond donors (Lipinski definition) is 0. The van der Waals surface area contributed by atoms with Crippen molar-refractivity contribution in [1.82, 2.24) is 0 Å².